The first-order valence-electron chi connectivity index (χ1n) is 6.67. The summed E-state index contributed by atoms with van der Waals surface area (Å²) in [5.74, 6) is -2.11. The van der Waals surface area contributed by atoms with Crippen molar-refractivity contribution in [1.82, 2.24) is 10.8 Å². The predicted octanol–water partition coefficient (Wildman–Crippen LogP) is 2.23. The molecule has 7 heteroatoms. The fourth-order valence-electron chi connectivity index (χ4n) is 2.14. The maximum Gasteiger partial charge on any atom is 0.270 e. The lowest BCUT2D eigenvalue weighted by atomic mass is 9.99. The van der Waals surface area contributed by atoms with Crippen molar-refractivity contribution in [2.24, 2.45) is 0 Å². The van der Waals surface area contributed by atoms with Crippen LogP contribution in [0.3, 0.4) is 0 Å². The molecule has 2 amide bonds. The largest absolute Gasteiger partial charge is 0.343 e. The maximum atomic E-state index is 13.6. The highest BCUT2D eigenvalue weighted by Crippen LogP contribution is 2.25. The van der Waals surface area contributed by atoms with Crippen molar-refractivity contribution in [3.05, 3.63) is 59.2 Å². The highest BCUT2D eigenvalue weighted by molar-refractivity contribution is 5.84. The Hall–Kier alpha value is -2.80. The van der Waals surface area contributed by atoms with E-state index < -0.39 is 23.6 Å². The molecular formula is C16H14F2N2O3. The number of rotatable bonds is 5. The fraction of sp³-hybridized carbons (Fsp3) is 0.125. The van der Waals surface area contributed by atoms with Gasteiger partial charge in [0.25, 0.3) is 5.91 Å². The maximum absolute atomic E-state index is 13.6. The van der Waals surface area contributed by atoms with Crippen LogP contribution in [0.4, 0.5) is 8.78 Å². The van der Waals surface area contributed by atoms with E-state index in [1.54, 1.807) is 12.1 Å². The van der Waals surface area contributed by atoms with Gasteiger partial charge in [0.2, 0.25) is 6.41 Å². The Kier molecular flexibility index (Phi) is 5.02. The molecule has 5 nitrogen and oxygen atoms in total. The zero-order valence-electron chi connectivity index (χ0n) is 12.1. The summed E-state index contributed by atoms with van der Waals surface area (Å²) < 4.78 is 27.2. The molecular weight excluding hydrogens is 306 g/mol. The molecule has 23 heavy (non-hydrogen) atoms. The van der Waals surface area contributed by atoms with Crippen molar-refractivity contribution in [3.8, 4) is 11.1 Å². The number of carbonyl (C=O) groups is 2. The molecule has 0 aliphatic heterocycles. The van der Waals surface area contributed by atoms with E-state index in [1.165, 1.54) is 36.7 Å². The van der Waals surface area contributed by atoms with Gasteiger partial charge < -0.3 is 5.32 Å². The van der Waals surface area contributed by atoms with Gasteiger partial charge in [-0.25, -0.2) is 14.3 Å². The van der Waals surface area contributed by atoms with E-state index in [9.17, 15) is 18.4 Å². The number of nitrogens with one attached hydrogen (secondary N) is 2. The standard InChI is InChI=1S/C16H14F2N2O3/c1-9-13(17)6-12(7-14(9)18)10-2-4-11(5-3-10)15(19-8-21)16(22)20-23/h2-8,15,23H,1H3,(H,19,21)(H,20,22). The molecule has 0 aliphatic carbocycles. The highest BCUT2D eigenvalue weighted by Gasteiger charge is 2.19. The molecule has 3 N–H and O–H groups in total. The summed E-state index contributed by atoms with van der Waals surface area (Å²) in [4.78, 5) is 22.1. The van der Waals surface area contributed by atoms with E-state index >= 15 is 0 Å². The third-order valence-electron chi connectivity index (χ3n) is 3.47. The van der Waals surface area contributed by atoms with Gasteiger partial charge in [-0.3, -0.25) is 14.8 Å². The van der Waals surface area contributed by atoms with Crippen molar-refractivity contribution < 1.29 is 23.6 Å². The molecule has 0 radical (unpaired) electrons. The van der Waals surface area contributed by atoms with Gasteiger partial charge in [0, 0.05) is 5.56 Å². The Morgan fingerprint density at radius 3 is 2.17 bits per heavy atom. The minimum atomic E-state index is -1.07. The molecule has 0 aliphatic rings. The van der Waals surface area contributed by atoms with Crippen molar-refractivity contribution in [2.75, 3.05) is 0 Å². The molecule has 120 valence electrons. The molecule has 0 heterocycles. The number of carbonyl (C=O) groups excluding carboxylic acids is 2. The molecule has 0 fully saturated rings. The van der Waals surface area contributed by atoms with E-state index in [2.05, 4.69) is 5.32 Å². The van der Waals surface area contributed by atoms with Crippen LogP contribution in [0, 0.1) is 18.6 Å². The average molecular weight is 320 g/mol. The lowest BCUT2D eigenvalue weighted by Crippen LogP contribution is -2.35. The second-order valence-corrected chi connectivity index (χ2v) is 4.88. The van der Waals surface area contributed by atoms with E-state index in [4.69, 9.17) is 5.21 Å². The summed E-state index contributed by atoms with van der Waals surface area (Å²) in [5, 5.41) is 10.9. The van der Waals surface area contributed by atoms with Crippen LogP contribution in [0.25, 0.3) is 11.1 Å². The molecule has 0 saturated heterocycles. The smallest absolute Gasteiger partial charge is 0.270 e. The summed E-state index contributed by atoms with van der Waals surface area (Å²) in [6.45, 7) is 1.35. The third-order valence-corrected chi connectivity index (χ3v) is 3.47. The molecule has 2 rings (SSSR count). The Balaban J connectivity index is 2.35. The molecule has 0 spiro atoms. The number of hydroxylamine groups is 1. The molecule has 2 aromatic carbocycles. The highest BCUT2D eigenvalue weighted by atomic mass is 19.1. The summed E-state index contributed by atoms with van der Waals surface area (Å²) in [7, 11) is 0. The molecule has 0 bridgehead atoms. The van der Waals surface area contributed by atoms with E-state index in [0.717, 1.165) is 0 Å². The topological polar surface area (TPSA) is 78.4 Å². The second-order valence-electron chi connectivity index (χ2n) is 4.88. The Morgan fingerprint density at radius 2 is 1.70 bits per heavy atom. The van der Waals surface area contributed by atoms with Gasteiger partial charge in [0.1, 0.15) is 17.7 Å². The number of hydrogen-bond donors (Lipinski definition) is 3. The van der Waals surface area contributed by atoms with E-state index in [1.807, 2.05) is 0 Å². The number of halogens is 2. The van der Waals surface area contributed by atoms with Crippen LogP contribution in [-0.2, 0) is 9.59 Å². The van der Waals surface area contributed by atoms with Crippen LogP contribution < -0.4 is 10.8 Å². The van der Waals surface area contributed by atoms with Gasteiger partial charge in [-0.1, -0.05) is 24.3 Å². The van der Waals surface area contributed by atoms with Crippen LogP contribution in [0.2, 0.25) is 0 Å². The number of benzene rings is 2. The lowest BCUT2D eigenvalue weighted by Gasteiger charge is -2.14. The van der Waals surface area contributed by atoms with Gasteiger partial charge in [0.05, 0.1) is 0 Å². The summed E-state index contributed by atoms with van der Waals surface area (Å²) in [6.07, 6.45) is 0.332. The van der Waals surface area contributed by atoms with Crippen LogP contribution in [0.5, 0.6) is 0 Å². The van der Waals surface area contributed by atoms with Crippen molar-refractivity contribution >= 4 is 12.3 Å². The normalized spacial score (nSPS) is 11.7. The van der Waals surface area contributed by atoms with E-state index in [0.29, 0.717) is 23.1 Å². The third kappa shape index (κ3) is 3.51. The van der Waals surface area contributed by atoms with Gasteiger partial charge in [-0.05, 0) is 35.7 Å². The number of amides is 2. The molecule has 0 aromatic heterocycles. The summed E-state index contributed by atoms with van der Waals surface area (Å²) >= 11 is 0. The summed E-state index contributed by atoms with van der Waals surface area (Å²) in [5.41, 5.74) is 2.70. The SMILES string of the molecule is Cc1c(F)cc(-c2ccc(C(NC=O)C(=O)NO)cc2)cc1F. The van der Waals surface area contributed by atoms with Crippen molar-refractivity contribution in [1.29, 1.82) is 0 Å². The number of hydrogen-bond acceptors (Lipinski definition) is 3. The first-order valence-corrected chi connectivity index (χ1v) is 6.67. The predicted molar refractivity (Wildman–Crippen MR) is 78.4 cm³/mol. The quantitative estimate of drug-likeness (QED) is 0.449. The van der Waals surface area contributed by atoms with E-state index in [-0.39, 0.29) is 5.56 Å². The molecule has 1 unspecified atom stereocenters. The molecule has 2 aromatic rings. The Morgan fingerprint density at radius 1 is 1.13 bits per heavy atom. The zero-order valence-corrected chi connectivity index (χ0v) is 12.1. The van der Waals surface area contributed by atoms with Crippen LogP contribution in [0.1, 0.15) is 17.2 Å². The summed E-state index contributed by atoms with van der Waals surface area (Å²) in [6, 6.07) is 7.51. The van der Waals surface area contributed by atoms with Gasteiger partial charge >= 0.3 is 0 Å². The van der Waals surface area contributed by atoms with Gasteiger partial charge in [-0.15, -0.1) is 0 Å². The van der Waals surface area contributed by atoms with Crippen molar-refractivity contribution in [2.45, 2.75) is 13.0 Å². The minimum Gasteiger partial charge on any atom is -0.343 e. The fourth-order valence-corrected chi connectivity index (χ4v) is 2.14. The Labute approximate surface area is 130 Å². The lowest BCUT2D eigenvalue weighted by molar-refractivity contribution is -0.133. The Bertz CT molecular complexity index is 710. The first kappa shape index (κ1) is 16.6. The van der Waals surface area contributed by atoms with Gasteiger partial charge in [0.15, 0.2) is 0 Å². The first-order chi connectivity index (χ1) is 11.0. The molecule has 1 atom stereocenters. The second kappa shape index (κ2) is 6.97. The zero-order chi connectivity index (χ0) is 17.0. The van der Waals surface area contributed by atoms with Crippen LogP contribution in [-0.4, -0.2) is 17.5 Å². The van der Waals surface area contributed by atoms with Gasteiger partial charge in [-0.2, -0.15) is 0 Å². The minimum absolute atomic E-state index is 0.0553. The molecule has 0 saturated carbocycles. The monoisotopic (exact) mass is 320 g/mol. The van der Waals surface area contributed by atoms with Crippen molar-refractivity contribution in [3.63, 3.8) is 0 Å². The van der Waals surface area contributed by atoms with Crippen LogP contribution in [0.15, 0.2) is 36.4 Å². The van der Waals surface area contributed by atoms with Crippen LogP contribution >= 0.6 is 0 Å². The average Bonchev–Trinajstić information content (AvgIpc) is 2.56.